The molecule has 2 aromatic rings. The van der Waals surface area contributed by atoms with Crippen LogP contribution in [0.15, 0.2) is 43.8 Å². The normalized spacial score (nSPS) is 12.2. The molecular weight excluding hydrogens is 308 g/mol. The van der Waals surface area contributed by atoms with E-state index in [9.17, 15) is 4.79 Å². The number of benzene rings is 1. The van der Waals surface area contributed by atoms with Gasteiger partial charge < -0.3 is 0 Å². The molecule has 5 nitrogen and oxygen atoms in total. The van der Waals surface area contributed by atoms with Crippen molar-refractivity contribution in [2.24, 2.45) is 10.2 Å². The Labute approximate surface area is 119 Å². The fraction of sp³-hybridized carbons (Fsp3) is 0.308. The number of halogens is 1. The van der Waals surface area contributed by atoms with Crippen LogP contribution >= 0.6 is 15.9 Å². The van der Waals surface area contributed by atoms with Crippen molar-refractivity contribution in [1.29, 1.82) is 0 Å². The van der Waals surface area contributed by atoms with E-state index in [-0.39, 0.29) is 11.0 Å². The SMILES string of the molecule is CC(C)(C)c1[nH][nH]c(=O)c1N=Nc1ccc(Br)cc1. The summed E-state index contributed by atoms with van der Waals surface area (Å²) in [6.07, 6.45) is 0. The summed E-state index contributed by atoms with van der Waals surface area (Å²) in [6.45, 7) is 6.01. The second-order valence-electron chi connectivity index (χ2n) is 5.23. The summed E-state index contributed by atoms with van der Waals surface area (Å²) in [7, 11) is 0. The summed E-state index contributed by atoms with van der Waals surface area (Å²) in [6, 6.07) is 7.40. The largest absolute Gasteiger partial charge is 0.299 e. The van der Waals surface area contributed by atoms with Crippen LogP contribution in [0.25, 0.3) is 0 Å². The zero-order chi connectivity index (χ0) is 14.0. The van der Waals surface area contributed by atoms with Crippen molar-refractivity contribution in [3.8, 4) is 0 Å². The number of H-pyrrole nitrogens is 2. The molecule has 0 aliphatic carbocycles. The van der Waals surface area contributed by atoms with E-state index in [1.807, 2.05) is 45.0 Å². The van der Waals surface area contributed by atoms with Crippen LogP contribution in [0.3, 0.4) is 0 Å². The van der Waals surface area contributed by atoms with Gasteiger partial charge in [-0.15, -0.1) is 5.11 Å². The summed E-state index contributed by atoms with van der Waals surface area (Å²) < 4.78 is 0.973. The van der Waals surface area contributed by atoms with Gasteiger partial charge in [0.25, 0.3) is 5.56 Å². The lowest BCUT2D eigenvalue weighted by Gasteiger charge is -2.15. The highest BCUT2D eigenvalue weighted by Gasteiger charge is 2.22. The Bertz CT molecular complexity index is 647. The molecule has 0 atom stereocenters. The summed E-state index contributed by atoms with van der Waals surface area (Å²) >= 11 is 3.35. The molecule has 0 fully saturated rings. The van der Waals surface area contributed by atoms with Crippen molar-refractivity contribution in [3.63, 3.8) is 0 Å². The van der Waals surface area contributed by atoms with Crippen molar-refractivity contribution in [2.45, 2.75) is 26.2 Å². The van der Waals surface area contributed by atoms with E-state index >= 15 is 0 Å². The number of azo groups is 1. The van der Waals surface area contributed by atoms with Crippen LogP contribution < -0.4 is 5.56 Å². The first kappa shape index (κ1) is 13.7. The fourth-order valence-corrected chi connectivity index (χ4v) is 1.87. The van der Waals surface area contributed by atoms with Crippen molar-refractivity contribution >= 4 is 27.3 Å². The van der Waals surface area contributed by atoms with Gasteiger partial charge in [0, 0.05) is 9.89 Å². The summed E-state index contributed by atoms with van der Waals surface area (Å²) in [5, 5.41) is 13.6. The molecule has 0 aliphatic rings. The number of hydrogen-bond donors (Lipinski definition) is 2. The van der Waals surface area contributed by atoms with Crippen LogP contribution in [-0.4, -0.2) is 10.2 Å². The minimum absolute atomic E-state index is 0.201. The van der Waals surface area contributed by atoms with E-state index in [1.54, 1.807) is 0 Å². The Kier molecular flexibility index (Phi) is 3.71. The topological polar surface area (TPSA) is 73.4 Å². The third-order valence-electron chi connectivity index (χ3n) is 2.60. The molecule has 0 saturated carbocycles. The second-order valence-corrected chi connectivity index (χ2v) is 6.14. The van der Waals surface area contributed by atoms with Crippen molar-refractivity contribution in [3.05, 3.63) is 44.8 Å². The zero-order valence-corrected chi connectivity index (χ0v) is 12.6. The standard InChI is InChI=1S/C13H15BrN4O/c1-13(2,3)11-10(12(19)18-17-11)16-15-9-6-4-8(14)5-7-9/h4-7H,1-3H3,(H2,17,18,19). The van der Waals surface area contributed by atoms with Gasteiger partial charge in [-0.05, 0) is 24.3 Å². The van der Waals surface area contributed by atoms with E-state index in [0.29, 0.717) is 11.4 Å². The van der Waals surface area contributed by atoms with Gasteiger partial charge in [-0.25, -0.2) is 0 Å². The van der Waals surface area contributed by atoms with Gasteiger partial charge in [0.15, 0.2) is 5.69 Å². The molecule has 0 amide bonds. The Hall–Kier alpha value is -1.69. The van der Waals surface area contributed by atoms with E-state index in [2.05, 4.69) is 36.4 Å². The average molecular weight is 323 g/mol. The summed E-state index contributed by atoms with van der Waals surface area (Å²) in [5.74, 6) is 0. The van der Waals surface area contributed by atoms with Crippen molar-refractivity contribution in [2.75, 3.05) is 0 Å². The molecule has 0 unspecified atom stereocenters. The number of nitrogens with one attached hydrogen (secondary N) is 2. The Morgan fingerprint density at radius 2 is 1.68 bits per heavy atom. The molecule has 2 N–H and O–H groups in total. The smallest absolute Gasteiger partial charge is 0.292 e. The lowest BCUT2D eigenvalue weighted by atomic mass is 9.91. The third kappa shape index (κ3) is 3.20. The summed E-state index contributed by atoms with van der Waals surface area (Å²) in [5.41, 5.74) is 1.32. The van der Waals surface area contributed by atoms with Crippen LogP contribution in [-0.2, 0) is 5.41 Å². The minimum Gasteiger partial charge on any atom is -0.299 e. The van der Waals surface area contributed by atoms with Gasteiger partial charge in [-0.3, -0.25) is 15.0 Å². The molecule has 2 rings (SSSR count). The van der Waals surface area contributed by atoms with Crippen LogP contribution in [0.1, 0.15) is 26.5 Å². The molecule has 19 heavy (non-hydrogen) atoms. The number of aromatic amines is 2. The van der Waals surface area contributed by atoms with Crippen LogP contribution in [0, 0.1) is 0 Å². The lowest BCUT2D eigenvalue weighted by molar-refractivity contribution is 0.567. The second kappa shape index (κ2) is 5.13. The molecule has 6 heteroatoms. The predicted octanol–water partition coefficient (Wildman–Crippen LogP) is 4.18. The Morgan fingerprint density at radius 3 is 2.26 bits per heavy atom. The molecule has 0 aliphatic heterocycles. The third-order valence-corrected chi connectivity index (χ3v) is 3.12. The highest BCUT2D eigenvalue weighted by Crippen LogP contribution is 2.28. The first-order chi connectivity index (χ1) is 8.88. The molecule has 100 valence electrons. The highest BCUT2D eigenvalue weighted by molar-refractivity contribution is 9.10. The van der Waals surface area contributed by atoms with E-state index in [0.717, 1.165) is 10.2 Å². The maximum absolute atomic E-state index is 11.7. The molecule has 1 aromatic carbocycles. The van der Waals surface area contributed by atoms with E-state index in [4.69, 9.17) is 0 Å². The van der Waals surface area contributed by atoms with Crippen LogP contribution in [0.4, 0.5) is 11.4 Å². The maximum Gasteiger partial charge on any atom is 0.292 e. The van der Waals surface area contributed by atoms with Gasteiger partial charge in [0.05, 0.1) is 11.4 Å². The minimum atomic E-state index is -0.259. The molecule has 0 bridgehead atoms. The number of aromatic nitrogens is 2. The Morgan fingerprint density at radius 1 is 1.05 bits per heavy atom. The fourth-order valence-electron chi connectivity index (χ4n) is 1.60. The van der Waals surface area contributed by atoms with E-state index < -0.39 is 0 Å². The molecule has 1 heterocycles. The summed E-state index contributed by atoms with van der Waals surface area (Å²) in [4.78, 5) is 11.7. The zero-order valence-electron chi connectivity index (χ0n) is 11.0. The first-order valence-corrected chi connectivity index (χ1v) is 6.65. The van der Waals surface area contributed by atoms with E-state index in [1.165, 1.54) is 0 Å². The Balaban J connectivity index is 2.36. The van der Waals surface area contributed by atoms with Crippen LogP contribution in [0.2, 0.25) is 0 Å². The monoisotopic (exact) mass is 322 g/mol. The van der Waals surface area contributed by atoms with Gasteiger partial charge in [-0.2, -0.15) is 5.11 Å². The molecule has 0 saturated heterocycles. The number of nitrogens with zero attached hydrogens (tertiary/aromatic N) is 2. The number of hydrogen-bond acceptors (Lipinski definition) is 3. The molecule has 0 spiro atoms. The van der Waals surface area contributed by atoms with Crippen molar-refractivity contribution < 1.29 is 0 Å². The predicted molar refractivity (Wildman–Crippen MR) is 78.4 cm³/mol. The van der Waals surface area contributed by atoms with Gasteiger partial charge >= 0.3 is 0 Å². The quantitative estimate of drug-likeness (QED) is 0.800. The highest BCUT2D eigenvalue weighted by atomic mass is 79.9. The first-order valence-electron chi connectivity index (χ1n) is 5.86. The maximum atomic E-state index is 11.7. The van der Waals surface area contributed by atoms with Gasteiger partial charge in [0.2, 0.25) is 0 Å². The van der Waals surface area contributed by atoms with Crippen molar-refractivity contribution in [1.82, 2.24) is 10.2 Å². The molecular formula is C13H15BrN4O. The number of rotatable bonds is 2. The molecule has 0 radical (unpaired) electrons. The average Bonchev–Trinajstić information content (AvgIpc) is 2.70. The van der Waals surface area contributed by atoms with Gasteiger partial charge in [0.1, 0.15) is 0 Å². The van der Waals surface area contributed by atoms with Crippen LogP contribution in [0.5, 0.6) is 0 Å². The molecule has 1 aromatic heterocycles. The van der Waals surface area contributed by atoms with Gasteiger partial charge in [-0.1, -0.05) is 36.7 Å². The lowest BCUT2D eigenvalue weighted by Crippen LogP contribution is -2.12.